The van der Waals surface area contributed by atoms with E-state index in [1.165, 1.54) is 6.07 Å². The Morgan fingerprint density at radius 1 is 1.41 bits per heavy atom. The number of nitrogens with two attached hydrogens (primary N) is 1. The van der Waals surface area contributed by atoms with Gasteiger partial charge >= 0.3 is 12.1 Å². The highest BCUT2D eigenvalue weighted by atomic mass is 19.4. The molecule has 0 unspecified atom stereocenters. The lowest BCUT2D eigenvalue weighted by Gasteiger charge is -2.13. The largest absolute Gasteiger partial charge is 0.481 e. The van der Waals surface area contributed by atoms with Crippen LogP contribution in [-0.4, -0.2) is 19.7 Å². The quantitative estimate of drug-likeness (QED) is 0.655. The molecule has 0 atom stereocenters. The summed E-state index contributed by atoms with van der Waals surface area (Å²) in [5.74, 6) is -1.23. The molecule has 0 amide bonds. The number of carbonyl (C=O) groups excluding carboxylic acids is 1. The molecule has 0 radical (unpaired) electrons. The molecule has 1 aromatic rings. The first-order valence-electron chi connectivity index (χ1n) is 4.51. The summed E-state index contributed by atoms with van der Waals surface area (Å²) in [6.07, 6.45) is -4.60. The number of methoxy groups -OCH3 is 1. The van der Waals surface area contributed by atoms with Gasteiger partial charge in [-0.25, -0.2) is 4.79 Å². The highest BCUT2D eigenvalue weighted by Crippen LogP contribution is 2.37. The second-order valence-corrected chi connectivity index (χ2v) is 3.12. The van der Waals surface area contributed by atoms with E-state index < -0.39 is 30.1 Å². The number of alkyl halides is 3. The Bertz CT molecular complexity index is 418. The summed E-state index contributed by atoms with van der Waals surface area (Å²) in [5.41, 5.74) is 4.19. The third-order valence-corrected chi connectivity index (χ3v) is 1.88. The van der Waals surface area contributed by atoms with Crippen LogP contribution in [0.15, 0.2) is 18.2 Å². The van der Waals surface area contributed by atoms with E-state index in [4.69, 9.17) is 10.5 Å². The lowest BCUT2D eigenvalue weighted by Crippen LogP contribution is -2.15. The molecule has 0 fully saturated rings. The van der Waals surface area contributed by atoms with Crippen molar-refractivity contribution in [3.05, 3.63) is 23.8 Å². The summed E-state index contributed by atoms with van der Waals surface area (Å²) in [6, 6.07) is 3.05. The van der Waals surface area contributed by atoms with Crippen LogP contribution in [0, 0.1) is 0 Å². The van der Waals surface area contributed by atoms with Gasteiger partial charge in [-0.05, 0) is 18.2 Å². The number of carbonyl (C=O) groups is 1. The van der Waals surface area contributed by atoms with Gasteiger partial charge in [-0.3, -0.25) is 0 Å². The number of hydrogen-bond acceptors (Lipinski definition) is 4. The average molecular weight is 249 g/mol. The molecule has 4 nitrogen and oxygen atoms in total. The van der Waals surface area contributed by atoms with Crippen LogP contribution in [-0.2, 0) is 15.7 Å². The van der Waals surface area contributed by atoms with Crippen molar-refractivity contribution in [1.29, 1.82) is 0 Å². The van der Waals surface area contributed by atoms with Crippen LogP contribution in [0.3, 0.4) is 0 Å². The van der Waals surface area contributed by atoms with Gasteiger partial charge in [-0.1, -0.05) is 0 Å². The minimum atomic E-state index is -4.60. The Hall–Kier alpha value is -1.92. The Balaban J connectivity index is 2.95. The SMILES string of the molecule is COC(=O)COc1ccc(N)cc1C(F)(F)F. The normalized spacial score (nSPS) is 11.1. The second-order valence-electron chi connectivity index (χ2n) is 3.12. The van der Waals surface area contributed by atoms with Crippen LogP contribution in [0.1, 0.15) is 5.56 Å². The van der Waals surface area contributed by atoms with E-state index in [0.29, 0.717) is 0 Å². The third kappa shape index (κ3) is 3.54. The van der Waals surface area contributed by atoms with Gasteiger partial charge in [-0.2, -0.15) is 13.2 Å². The van der Waals surface area contributed by atoms with E-state index in [0.717, 1.165) is 19.2 Å². The predicted molar refractivity (Wildman–Crippen MR) is 53.4 cm³/mol. The number of halogens is 3. The van der Waals surface area contributed by atoms with E-state index in [1.807, 2.05) is 0 Å². The average Bonchev–Trinajstić information content (AvgIpc) is 2.25. The fourth-order valence-corrected chi connectivity index (χ4v) is 1.09. The van der Waals surface area contributed by atoms with E-state index in [2.05, 4.69) is 4.74 Å². The van der Waals surface area contributed by atoms with Gasteiger partial charge in [-0.15, -0.1) is 0 Å². The maximum absolute atomic E-state index is 12.6. The van der Waals surface area contributed by atoms with E-state index >= 15 is 0 Å². The summed E-state index contributed by atoms with van der Waals surface area (Å²) in [6.45, 7) is -0.594. The van der Waals surface area contributed by atoms with Gasteiger partial charge in [0, 0.05) is 5.69 Å². The first-order chi connectivity index (χ1) is 7.84. The van der Waals surface area contributed by atoms with Crippen molar-refractivity contribution in [3.63, 3.8) is 0 Å². The molecule has 0 aromatic heterocycles. The predicted octanol–water partition coefficient (Wildman–Crippen LogP) is 1.84. The molecular weight excluding hydrogens is 239 g/mol. The molecule has 94 valence electrons. The fraction of sp³-hybridized carbons (Fsp3) is 0.300. The third-order valence-electron chi connectivity index (χ3n) is 1.88. The Morgan fingerprint density at radius 3 is 2.59 bits per heavy atom. The first kappa shape index (κ1) is 13.1. The van der Waals surface area contributed by atoms with Crippen molar-refractivity contribution >= 4 is 11.7 Å². The molecule has 1 rings (SSSR count). The van der Waals surface area contributed by atoms with Gasteiger partial charge in [0.2, 0.25) is 0 Å². The number of rotatable bonds is 3. The van der Waals surface area contributed by atoms with Crippen LogP contribution in [0.4, 0.5) is 18.9 Å². The van der Waals surface area contributed by atoms with Crippen molar-refractivity contribution in [1.82, 2.24) is 0 Å². The number of benzene rings is 1. The monoisotopic (exact) mass is 249 g/mol. The molecule has 17 heavy (non-hydrogen) atoms. The number of anilines is 1. The van der Waals surface area contributed by atoms with E-state index in [-0.39, 0.29) is 5.69 Å². The molecule has 0 bridgehead atoms. The van der Waals surface area contributed by atoms with Gasteiger partial charge in [0.25, 0.3) is 0 Å². The minimum absolute atomic E-state index is 0.0391. The Morgan fingerprint density at radius 2 is 2.06 bits per heavy atom. The highest BCUT2D eigenvalue weighted by Gasteiger charge is 2.34. The zero-order valence-electron chi connectivity index (χ0n) is 8.88. The molecule has 0 aliphatic carbocycles. The maximum atomic E-state index is 12.6. The van der Waals surface area contributed by atoms with Crippen LogP contribution >= 0.6 is 0 Å². The zero-order chi connectivity index (χ0) is 13.1. The summed E-state index contributed by atoms with van der Waals surface area (Å²) in [7, 11) is 1.11. The minimum Gasteiger partial charge on any atom is -0.481 e. The molecule has 0 aliphatic rings. The van der Waals surface area contributed by atoms with E-state index in [9.17, 15) is 18.0 Å². The lowest BCUT2D eigenvalue weighted by molar-refractivity contribution is -0.145. The van der Waals surface area contributed by atoms with Crippen molar-refractivity contribution in [2.75, 3.05) is 19.5 Å². The highest BCUT2D eigenvalue weighted by molar-refractivity contribution is 5.71. The van der Waals surface area contributed by atoms with Crippen LogP contribution < -0.4 is 10.5 Å². The molecule has 2 N–H and O–H groups in total. The molecule has 0 saturated carbocycles. The van der Waals surface area contributed by atoms with Crippen molar-refractivity contribution < 1.29 is 27.4 Å². The van der Waals surface area contributed by atoms with Gasteiger partial charge in [0.1, 0.15) is 5.75 Å². The lowest BCUT2D eigenvalue weighted by atomic mass is 10.1. The number of ether oxygens (including phenoxy) is 2. The second kappa shape index (κ2) is 4.94. The van der Waals surface area contributed by atoms with E-state index in [1.54, 1.807) is 0 Å². The Kier molecular flexibility index (Phi) is 3.82. The van der Waals surface area contributed by atoms with Crippen LogP contribution in [0.2, 0.25) is 0 Å². The summed E-state index contributed by atoms with van der Waals surface area (Å²) >= 11 is 0. The smallest absolute Gasteiger partial charge is 0.420 e. The summed E-state index contributed by atoms with van der Waals surface area (Å²) in [4.78, 5) is 10.8. The molecular formula is C10H10F3NO3. The summed E-state index contributed by atoms with van der Waals surface area (Å²) in [5, 5.41) is 0. The molecule has 0 spiro atoms. The van der Waals surface area contributed by atoms with Gasteiger partial charge in [0.05, 0.1) is 12.7 Å². The molecule has 0 aliphatic heterocycles. The van der Waals surface area contributed by atoms with Crippen LogP contribution in [0.5, 0.6) is 5.75 Å². The summed E-state index contributed by atoms with van der Waals surface area (Å²) < 4.78 is 46.7. The zero-order valence-corrected chi connectivity index (χ0v) is 8.88. The molecule has 7 heteroatoms. The Labute approximate surface area is 95.1 Å². The van der Waals surface area contributed by atoms with Crippen molar-refractivity contribution in [3.8, 4) is 5.75 Å². The number of esters is 1. The van der Waals surface area contributed by atoms with Crippen molar-refractivity contribution in [2.45, 2.75) is 6.18 Å². The van der Waals surface area contributed by atoms with Crippen LogP contribution in [0.25, 0.3) is 0 Å². The number of nitrogen functional groups attached to an aromatic ring is 1. The number of hydrogen-bond donors (Lipinski definition) is 1. The standard InChI is InChI=1S/C10H10F3NO3/c1-16-9(15)5-17-8-3-2-6(14)4-7(8)10(11,12)13/h2-4H,5,14H2,1H3. The topological polar surface area (TPSA) is 61.5 Å². The molecule has 0 saturated heterocycles. The first-order valence-corrected chi connectivity index (χ1v) is 4.51. The molecule has 0 heterocycles. The fourth-order valence-electron chi connectivity index (χ4n) is 1.09. The van der Waals surface area contributed by atoms with Crippen molar-refractivity contribution in [2.24, 2.45) is 0 Å². The van der Waals surface area contributed by atoms with Gasteiger partial charge < -0.3 is 15.2 Å². The maximum Gasteiger partial charge on any atom is 0.420 e. The molecule has 1 aromatic carbocycles. The van der Waals surface area contributed by atoms with Gasteiger partial charge in [0.15, 0.2) is 6.61 Å².